The van der Waals surface area contributed by atoms with Crippen LogP contribution in [0.3, 0.4) is 0 Å². The summed E-state index contributed by atoms with van der Waals surface area (Å²) in [5.41, 5.74) is 6.25. The third kappa shape index (κ3) is 3.84. The van der Waals surface area contributed by atoms with E-state index in [2.05, 4.69) is 9.98 Å². The summed E-state index contributed by atoms with van der Waals surface area (Å²) in [5.74, 6) is -1.13. The van der Waals surface area contributed by atoms with Crippen LogP contribution in [0.2, 0.25) is 0 Å². The predicted octanol–water partition coefficient (Wildman–Crippen LogP) is 3.26. The fourth-order valence-corrected chi connectivity index (χ4v) is 5.19. The number of aliphatic imine (C=N–C) groups is 1. The van der Waals surface area contributed by atoms with E-state index >= 15 is 0 Å². The zero-order valence-corrected chi connectivity index (χ0v) is 19.3. The van der Waals surface area contributed by atoms with Gasteiger partial charge in [-0.2, -0.15) is 12.8 Å². The summed E-state index contributed by atoms with van der Waals surface area (Å²) in [7, 11) is -2.89. The van der Waals surface area contributed by atoms with E-state index in [1.54, 1.807) is 61.5 Å². The number of halogens is 1. The lowest BCUT2D eigenvalue weighted by Crippen LogP contribution is -2.41. The van der Waals surface area contributed by atoms with Crippen molar-refractivity contribution in [2.75, 3.05) is 7.05 Å². The number of amides is 1. The highest BCUT2D eigenvalue weighted by Crippen LogP contribution is 2.42. The molecule has 1 aliphatic rings. The standard InChI is InChI=1S/C24H23FN4O4S/c1-3-20(34(31,32)33)16-8-5-10-18(14-16)24(22(30)29(2)23(26)28-24)17-9-4-7-15(13-17)19-11-6-12-27-21(19)25/h4-14,20H,3H2,1-2H3,(H2,26,28)(H,31,32,33). The van der Waals surface area contributed by atoms with E-state index in [1.807, 2.05) is 0 Å². The summed E-state index contributed by atoms with van der Waals surface area (Å²) < 4.78 is 48.0. The second-order valence-corrected chi connectivity index (χ2v) is 9.60. The molecular weight excluding hydrogens is 459 g/mol. The molecule has 8 nitrogen and oxygen atoms in total. The van der Waals surface area contributed by atoms with Crippen molar-refractivity contribution in [1.29, 1.82) is 0 Å². The van der Waals surface area contributed by atoms with Gasteiger partial charge in [0.25, 0.3) is 16.0 Å². The Labute approximate surface area is 196 Å². The van der Waals surface area contributed by atoms with Crippen LogP contribution in [0.25, 0.3) is 11.1 Å². The van der Waals surface area contributed by atoms with Crippen LogP contribution in [-0.2, 0) is 20.5 Å². The minimum absolute atomic E-state index is 0.0183. The van der Waals surface area contributed by atoms with Crippen LogP contribution in [0.4, 0.5) is 4.39 Å². The van der Waals surface area contributed by atoms with Gasteiger partial charge in [0.1, 0.15) is 5.25 Å². The average Bonchev–Trinajstić information content (AvgIpc) is 3.04. The van der Waals surface area contributed by atoms with Gasteiger partial charge in [0, 0.05) is 18.8 Å². The van der Waals surface area contributed by atoms with Crippen molar-refractivity contribution in [3.05, 3.63) is 89.5 Å². The largest absolute Gasteiger partial charge is 0.369 e. The molecular formula is C24H23FN4O4S. The van der Waals surface area contributed by atoms with Gasteiger partial charge in [0.2, 0.25) is 5.95 Å². The third-order valence-electron chi connectivity index (χ3n) is 6.00. The molecule has 4 rings (SSSR count). The van der Waals surface area contributed by atoms with E-state index < -0.39 is 32.8 Å². The monoisotopic (exact) mass is 482 g/mol. The number of rotatable bonds is 6. The summed E-state index contributed by atoms with van der Waals surface area (Å²) in [5, 5.41) is -1.17. The number of pyridine rings is 1. The first-order chi connectivity index (χ1) is 16.1. The van der Waals surface area contributed by atoms with Crippen LogP contribution in [-0.4, -0.2) is 41.8 Å². The minimum Gasteiger partial charge on any atom is -0.369 e. The number of nitrogens with zero attached hydrogens (tertiary/aromatic N) is 3. The topological polar surface area (TPSA) is 126 Å². The molecule has 2 atom stereocenters. The lowest BCUT2D eigenvalue weighted by Gasteiger charge is -2.27. The molecule has 2 aromatic carbocycles. The number of hydrogen-bond acceptors (Lipinski definition) is 6. The highest BCUT2D eigenvalue weighted by Gasteiger charge is 2.49. The number of carbonyl (C=O) groups is 1. The molecule has 1 amide bonds. The Hall–Kier alpha value is -3.63. The molecule has 176 valence electrons. The fourth-order valence-electron chi connectivity index (χ4n) is 4.28. The third-order valence-corrected chi connectivity index (χ3v) is 7.32. The van der Waals surface area contributed by atoms with Crippen LogP contribution in [0.1, 0.15) is 35.3 Å². The van der Waals surface area contributed by atoms with Crippen molar-refractivity contribution in [1.82, 2.24) is 9.88 Å². The average molecular weight is 483 g/mol. The highest BCUT2D eigenvalue weighted by molar-refractivity contribution is 7.86. The molecule has 3 N–H and O–H groups in total. The smallest absolute Gasteiger partial charge is 0.271 e. The van der Waals surface area contributed by atoms with Gasteiger partial charge in [-0.15, -0.1) is 0 Å². The Kier molecular flexibility index (Phi) is 5.96. The number of likely N-dealkylation sites (N-methyl/N-ethyl adjacent to an activating group) is 1. The number of nitrogens with two attached hydrogens (primary N) is 1. The van der Waals surface area contributed by atoms with E-state index in [-0.39, 0.29) is 17.9 Å². The first kappa shape index (κ1) is 23.5. The molecule has 0 radical (unpaired) electrons. The summed E-state index contributed by atoms with van der Waals surface area (Å²) in [6.07, 6.45) is 1.47. The number of benzene rings is 2. The molecule has 0 bridgehead atoms. The number of carbonyl (C=O) groups excluding carboxylic acids is 1. The van der Waals surface area contributed by atoms with Crippen molar-refractivity contribution in [2.45, 2.75) is 24.1 Å². The highest BCUT2D eigenvalue weighted by atomic mass is 32.2. The number of aromatic nitrogens is 1. The molecule has 0 aliphatic carbocycles. The predicted molar refractivity (Wildman–Crippen MR) is 126 cm³/mol. The lowest BCUT2D eigenvalue weighted by atomic mass is 9.81. The van der Waals surface area contributed by atoms with Crippen LogP contribution < -0.4 is 5.73 Å². The maximum atomic E-state index is 14.4. The summed E-state index contributed by atoms with van der Waals surface area (Å²) in [6.45, 7) is 1.64. The van der Waals surface area contributed by atoms with Crippen molar-refractivity contribution in [3.8, 4) is 11.1 Å². The van der Waals surface area contributed by atoms with Gasteiger partial charge in [-0.05, 0) is 46.9 Å². The van der Waals surface area contributed by atoms with Gasteiger partial charge in [-0.1, -0.05) is 49.4 Å². The quantitative estimate of drug-likeness (QED) is 0.410. The van der Waals surface area contributed by atoms with Crippen molar-refractivity contribution in [2.24, 2.45) is 10.7 Å². The molecule has 0 fully saturated rings. The van der Waals surface area contributed by atoms with Gasteiger partial charge in [0.05, 0.1) is 0 Å². The van der Waals surface area contributed by atoms with Gasteiger partial charge < -0.3 is 5.73 Å². The molecule has 1 aliphatic heterocycles. The molecule has 3 aromatic rings. The Bertz CT molecular complexity index is 1410. The van der Waals surface area contributed by atoms with E-state index in [9.17, 15) is 22.2 Å². The molecule has 1 aromatic heterocycles. The summed E-state index contributed by atoms with van der Waals surface area (Å²) in [4.78, 5) is 23.0. The zero-order valence-electron chi connectivity index (χ0n) is 18.5. The van der Waals surface area contributed by atoms with Gasteiger partial charge >= 0.3 is 0 Å². The van der Waals surface area contributed by atoms with Crippen molar-refractivity contribution in [3.63, 3.8) is 0 Å². The normalized spacial score (nSPS) is 19.2. The first-order valence-electron chi connectivity index (χ1n) is 10.5. The van der Waals surface area contributed by atoms with E-state index in [4.69, 9.17) is 5.73 Å². The summed E-state index contributed by atoms with van der Waals surface area (Å²) >= 11 is 0. The maximum Gasteiger partial charge on any atom is 0.271 e. The molecule has 10 heteroatoms. The molecule has 0 spiro atoms. The van der Waals surface area contributed by atoms with Crippen molar-refractivity contribution < 1.29 is 22.2 Å². The second kappa shape index (κ2) is 8.62. The fraction of sp³-hybridized carbons (Fsp3) is 0.208. The maximum absolute atomic E-state index is 14.4. The Morgan fingerprint density at radius 3 is 2.38 bits per heavy atom. The van der Waals surface area contributed by atoms with Crippen LogP contribution >= 0.6 is 0 Å². The Balaban J connectivity index is 1.96. The SMILES string of the molecule is CCC(c1cccc(C2(c3cccc(-c4cccnc4F)c3)N=C(N)N(C)C2=O)c1)S(=O)(=O)O. The van der Waals surface area contributed by atoms with Crippen LogP contribution in [0.15, 0.2) is 71.9 Å². The Morgan fingerprint density at radius 1 is 1.12 bits per heavy atom. The second-order valence-electron chi connectivity index (χ2n) is 8.00. The molecule has 0 saturated heterocycles. The first-order valence-corrected chi connectivity index (χ1v) is 12.0. The molecule has 0 saturated carbocycles. The zero-order chi connectivity index (χ0) is 24.7. The van der Waals surface area contributed by atoms with E-state index in [1.165, 1.54) is 24.2 Å². The van der Waals surface area contributed by atoms with Crippen LogP contribution in [0, 0.1) is 5.95 Å². The van der Waals surface area contributed by atoms with Gasteiger partial charge in [-0.25, -0.2) is 9.98 Å². The molecule has 2 unspecified atom stereocenters. The number of hydrogen-bond donors (Lipinski definition) is 2. The van der Waals surface area contributed by atoms with Gasteiger partial charge in [-0.3, -0.25) is 14.2 Å². The van der Waals surface area contributed by atoms with E-state index in [0.29, 0.717) is 22.3 Å². The minimum atomic E-state index is -4.38. The van der Waals surface area contributed by atoms with Crippen LogP contribution in [0.5, 0.6) is 0 Å². The summed E-state index contributed by atoms with van der Waals surface area (Å²) in [6, 6.07) is 16.2. The van der Waals surface area contributed by atoms with Gasteiger partial charge in [0.15, 0.2) is 11.5 Å². The van der Waals surface area contributed by atoms with E-state index in [0.717, 1.165) is 0 Å². The lowest BCUT2D eigenvalue weighted by molar-refractivity contribution is -0.129. The van der Waals surface area contributed by atoms with Crippen molar-refractivity contribution >= 4 is 22.0 Å². The molecule has 34 heavy (non-hydrogen) atoms. The molecule has 2 heterocycles. The number of guanidine groups is 1. The Morgan fingerprint density at radius 2 is 1.79 bits per heavy atom.